The van der Waals surface area contributed by atoms with Gasteiger partial charge in [-0.25, -0.2) is 15.0 Å². The van der Waals surface area contributed by atoms with Crippen LogP contribution in [0.3, 0.4) is 0 Å². The van der Waals surface area contributed by atoms with Crippen LogP contribution in [0.2, 0.25) is 0 Å². The Morgan fingerprint density at radius 2 is 1.91 bits per heavy atom. The van der Waals surface area contributed by atoms with Crippen LogP contribution in [0.1, 0.15) is 35.4 Å². The lowest BCUT2D eigenvalue weighted by molar-refractivity contribution is -0.116. The number of fused-ring (bicyclic) bond motifs is 1. The first-order chi connectivity index (χ1) is 16.9. The molecule has 4 aromatic rings. The number of methoxy groups -OCH3 is 1. The number of aryl methyl sites for hydroxylation is 3. The lowest BCUT2D eigenvalue weighted by Gasteiger charge is -2.12. The van der Waals surface area contributed by atoms with E-state index in [2.05, 4.69) is 31.8 Å². The van der Waals surface area contributed by atoms with E-state index in [0.717, 1.165) is 22.3 Å². The molecule has 10 heteroatoms. The van der Waals surface area contributed by atoms with Crippen LogP contribution < -0.4 is 15.4 Å². The molecular weight excluding hydrogens is 444 g/mol. The molecular formula is C25H26N8O2. The Kier molecular flexibility index (Phi) is 6.87. The van der Waals surface area contributed by atoms with Crippen molar-refractivity contribution in [2.75, 3.05) is 24.3 Å². The number of rotatable bonds is 8. The van der Waals surface area contributed by atoms with E-state index >= 15 is 0 Å². The average molecular weight is 471 g/mol. The summed E-state index contributed by atoms with van der Waals surface area (Å²) in [6.07, 6.45) is 2.21. The summed E-state index contributed by atoms with van der Waals surface area (Å²) in [6, 6.07) is 11.6. The smallest absolute Gasteiger partial charge is 0.225 e. The van der Waals surface area contributed by atoms with Crippen molar-refractivity contribution in [3.05, 3.63) is 59.0 Å². The quantitative estimate of drug-likeness (QED) is 0.371. The van der Waals surface area contributed by atoms with Gasteiger partial charge in [0.05, 0.1) is 13.3 Å². The van der Waals surface area contributed by atoms with Gasteiger partial charge in [0.2, 0.25) is 11.9 Å². The van der Waals surface area contributed by atoms with Crippen molar-refractivity contribution in [2.45, 2.75) is 33.6 Å². The number of nitrogens with one attached hydrogen (secondary N) is 2. The SMILES string of the molecule is COc1cccc2c(C)cc(-n3ncc(C#N)c3NC(=O)CCCNc3nc(C)cc(C)n3)nc12. The van der Waals surface area contributed by atoms with Gasteiger partial charge in [0.1, 0.15) is 22.9 Å². The van der Waals surface area contributed by atoms with Gasteiger partial charge in [-0.2, -0.15) is 15.0 Å². The number of nitriles is 1. The maximum absolute atomic E-state index is 12.7. The van der Waals surface area contributed by atoms with Gasteiger partial charge in [-0.05, 0) is 51.0 Å². The molecule has 10 nitrogen and oxygen atoms in total. The molecule has 4 rings (SSSR count). The molecule has 0 aliphatic carbocycles. The van der Waals surface area contributed by atoms with E-state index in [-0.39, 0.29) is 23.7 Å². The molecule has 0 saturated carbocycles. The second-order valence-electron chi connectivity index (χ2n) is 8.14. The topological polar surface area (TPSA) is 131 Å². The number of carbonyl (C=O) groups is 1. The van der Waals surface area contributed by atoms with Crippen LogP contribution in [0, 0.1) is 32.1 Å². The van der Waals surface area contributed by atoms with Crippen molar-refractivity contribution in [1.29, 1.82) is 5.26 Å². The van der Waals surface area contributed by atoms with Crippen LogP contribution in [0.15, 0.2) is 36.5 Å². The second kappa shape index (κ2) is 10.2. The zero-order chi connectivity index (χ0) is 24.9. The predicted molar refractivity (Wildman–Crippen MR) is 133 cm³/mol. The Morgan fingerprint density at radius 3 is 2.63 bits per heavy atom. The molecule has 0 fully saturated rings. The van der Waals surface area contributed by atoms with Crippen LogP contribution in [0.5, 0.6) is 5.75 Å². The van der Waals surface area contributed by atoms with Gasteiger partial charge in [0.25, 0.3) is 0 Å². The van der Waals surface area contributed by atoms with Crippen LogP contribution in [-0.4, -0.2) is 44.3 Å². The number of nitrogens with zero attached hydrogens (tertiary/aromatic N) is 6. The summed E-state index contributed by atoms with van der Waals surface area (Å²) in [5, 5.41) is 20.8. The number of benzene rings is 1. The second-order valence-corrected chi connectivity index (χ2v) is 8.14. The highest BCUT2D eigenvalue weighted by Crippen LogP contribution is 2.29. The maximum Gasteiger partial charge on any atom is 0.225 e. The fraction of sp³-hybridized carbons (Fsp3) is 0.280. The number of carbonyl (C=O) groups excluding carboxylic acids is 1. The van der Waals surface area contributed by atoms with Crippen molar-refractivity contribution in [3.8, 4) is 17.6 Å². The summed E-state index contributed by atoms with van der Waals surface area (Å²) in [5.41, 5.74) is 3.65. The Morgan fingerprint density at radius 1 is 1.14 bits per heavy atom. The van der Waals surface area contributed by atoms with E-state index in [1.54, 1.807) is 7.11 Å². The Bertz CT molecular complexity index is 1420. The van der Waals surface area contributed by atoms with E-state index in [9.17, 15) is 10.1 Å². The number of hydrogen-bond acceptors (Lipinski definition) is 8. The van der Waals surface area contributed by atoms with Gasteiger partial charge in [-0.3, -0.25) is 4.79 Å². The molecule has 178 valence electrons. The highest BCUT2D eigenvalue weighted by Gasteiger charge is 2.18. The third-order valence-corrected chi connectivity index (χ3v) is 5.43. The van der Waals surface area contributed by atoms with Crippen LogP contribution in [0.4, 0.5) is 11.8 Å². The number of amides is 1. The summed E-state index contributed by atoms with van der Waals surface area (Å²) in [4.78, 5) is 26.1. The molecule has 0 aliphatic rings. The fourth-order valence-corrected chi connectivity index (χ4v) is 3.82. The number of pyridine rings is 1. The Hall–Kier alpha value is -4.52. The first-order valence-electron chi connectivity index (χ1n) is 11.2. The first kappa shape index (κ1) is 23.6. The summed E-state index contributed by atoms with van der Waals surface area (Å²) in [7, 11) is 1.59. The molecule has 0 aliphatic heterocycles. The summed E-state index contributed by atoms with van der Waals surface area (Å²) in [5.74, 6) is 1.70. The number of anilines is 2. The van der Waals surface area contributed by atoms with Gasteiger partial charge in [-0.1, -0.05) is 12.1 Å². The highest BCUT2D eigenvalue weighted by atomic mass is 16.5. The van der Waals surface area contributed by atoms with Gasteiger partial charge in [0, 0.05) is 29.7 Å². The highest BCUT2D eigenvalue weighted by molar-refractivity contribution is 5.92. The summed E-state index contributed by atoms with van der Waals surface area (Å²) in [6.45, 7) is 6.31. The molecule has 0 spiro atoms. The van der Waals surface area contributed by atoms with Gasteiger partial charge >= 0.3 is 0 Å². The minimum Gasteiger partial charge on any atom is -0.494 e. The van der Waals surface area contributed by atoms with Gasteiger partial charge in [0.15, 0.2) is 11.6 Å². The van der Waals surface area contributed by atoms with E-state index in [1.165, 1.54) is 10.9 Å². The zero-order valence-electron chi connectivity index (χ0n) is 20.1. The van der Waals surface area contributed by atoms with Crippen molar-refractivity contribution in [1.82, 2.24) is 24.7 Å². The van der Waals surface area contributed by atoms with Gasteiger partial charge < -0.3 is 15.4 Å². The van der Waals surface area contributed by atoms with Gasteiger partial charge in [-0.15, -0.1) is 0 Å². The normalized spacial score (nSPS) is 10.7. The minimum absolute atomic E-state index is 0.235. The van der Waals surface area contributed by atoms with E-state index < -0.39 is 0 Å². The molecule has 0 atom stereocenters. The van der Waals surface area contributed by atoms with Crippen LogP contribution in [0.25, 0.3) is 16.7 Å². The van der Waals surface area contributed by atoms with Crippen LogP contribution in [-0.2, 0) is 4.79 Å². The minimum atomic E-state index is -0.235. The largest absolute Gasteiger partial charge is 0.494 e. The molecule has 1 aromatic carbocycles. The third kappa shape index (κ3) is 5.19. The molecule has 3 aromatic heterocycles. The third-order valence-electron chi connectivity index (χ3n) is 5.43. The molecule has 2 N–H and O–H groups in total. The summed E-state index contributed by atoms with van der Waals surface area (Å²) < 4.78 is 6.93. The summed E-state index contributed by atoms with van der Waals surface area (Å²) >= 11 is 0. The van der Waals surface area contributed by atoms with Crippen molar-refractivity contribution in [2.24, 2.45) is 0 Å². The number of aromatic nitrogens is 5. The molecule has 0 radical (unpaired) electrons. The van der Waals surface area contributed by atoms with E-state index in [4.69, 9.17) is 9.72 Å². The fourth-order valence-electron chi connectivity index (χ4n) is 3.82. The monoisotopic (exact) mass is 470 g/mol. The standard InChI is InChI=1S/C25H26N8O2/c1-15-11-21(31-23-19(15)7-5-8-20(23)35-4)33-24(18(13-26)14-28-33)32-22(34)9-6-10-27-25-29-16(2)12-17(3)30-25/h5,7-8,11-12,14H,6,9-10H2,1-4H3,(H,32,34)(H,27,29,30). The Labute approximate surface area is 203 Å². The number of hydrogen-bond donors (Lipinski definition) is 2. The molecule has 35 heavy (non-hydrogen) atoms. The maximum atomic E-state index is 12.7. The van der Waals surface area contributed by atoms with E-state index in [0.29, 0.717) is 36.0 Å². The first-order valence-corrected chi connectivity index (χ1v) is 11.2. The van der Waals surface area contributed by atoms with E-state index in [1.807, 2.05) is 51.1 Å². The van der Waals surface area contributed by atoms with Crippen molar-refractivity contribution in [3.63, 3.8) is 0 Å². The van der Waals surface area contributed by atoms with Crippen LogP contribution >= 0.6 is 0 Å². The lowest BCUT2D eigenvalue weighted by Crippen LogP contribution is -2.17. The zero-order valence-corrected chi connectivity index (χ0v) is 20.1. The molecule has 0 unspecified atom stereocenters. The predicted octanol–water partition coefficient (Wildman–Crippen LogP) is 3.85. The average Bonchev–Trinajstić information content (AvgIpc) is 3.23. The molecule has 3 heterocycles. The molecule has 0 saturated heterocycles. The number of para-hydroxylation sites is 1. The Balaban J connectivity index is 1.50. The number of ether oxygens (including phenoxy) is 1. The van der Waals surface area contributed by atoms with Crippen molar-refractivity contribution < 1.29 is 9.53 Å². The van der Waals surface area contributed by atoms with Crippen molar-refractivity contribution >= 4 is 28.6 Å². The lowest BCUT2D eigenvalue weighted by atomic mass is 10.1. The molecule has 1 amide bonds. The molecule has 0 bridgehead atoms.